The Bertz CT molecular complexity index is 425. The number of nitrogens with one attached hydrogen (secondary N) is 1. The zero-order valence-electron chi connectivity index (χ0n) is 11.4. The van der Waals surface area contributed by atoms with Gasteiger partial charge in [0.1, 0.15) is 11.6 Å². The van der Waals surface area contributed by atoms with Crippen molar-refractivity contribution in [1.82, 2.24) is 10.3 Å². The highest BCUT2D eigenvalue weighted by Gasteiger charge is 2.25. The summed E-state index contributed by atoms with van der Waals surface area (Å²) >= 11 is 1.41. The third-order valence-corrected chi connectivity index (χ3v) is 2.84. The van der Waals surface area contributed by atoms with Crippen LogP contribution >= 0.6 is 11.3 Å². The Morgan fingerprint density at radius 2 is 2.16 bits per heavy atom. The average molecular weight is 286 g/mol. The van der Waals surface area contributed by atoms with E-state index in [9.17, 15) is 9.59 Å². The number of methoxy groups -OCH3 is 1. The molecule has 0 bridgehead atoms. The van der Waals surface area contributed by atoms with Crippen molar-refractivity contribution in [2.45, 2.75) is 38.8 Å². The van der Waals surface area contributed by atoms with Gasteiger partial charge in [-0.3, -0.25) is 0 Å². The fourth-order valence-corrected chi connectivity index (χ4v) is 1.98. The SMILES string of the molecule is COC(=O)[C@H](Cc1nccs1)NC(=O)OC(C)(C)C. The molecule has 6 nitrogen and oxygen atoms in total. The van der Waals surface area contributed by atoms with Crippen molar-refractivity contribution in [3.05, 3.63) is 16.6 Å². The van der Waals surface area contributed by atoms with Gasteiger partial charge in [-0.1, -0.05) is 0 Å². The minimum atomic E-state index is -0.800. The highest BCUT2D eigenvalue weighted by molar-refractivity contribution is 7.09. The zero-order valence-corrected chi connectivity index (χ0v) is 12.2. The lowest BCUT2D eigenvalue weighted by Crippen LogP contribution is -2.45. The lowest BCUT2D eigenvalue weighted by molar-refractivity contribution is -0.143. The lowest BCUT2D eigenvalue weighted by Gasteiger charge is -2.22. The van der Waals surface area contributed by atoms with Crippen LogP contribution in [0.4, 0.5) is 4.79 Å². The lowest BCUT2D eigenvalue weighted by atomic mass is 10.2. The van der Waals surface area contributed by atoms with E-state index in [0.29, 0.717) is 0 Å². The molecule has 0 fully saturated rings. The maximum atomic E-state index is 11.7. The number of rotatable bonds is 4. The second-order valence-corrected chi connectivity index (χ2v) is 5.83. The second-order valence-electron chi connectivity index (χ2n) is 4.85. The third kappa shape index (κ3) is 5.69. The monoisotopic (exact) mass is 286 g/mol. The van der Waals surface area contributed by atoms with Gasteiger partial charge in [-0.25, -0.2) is 14.6 Å². The number of aromatic nitrogens is 1. The molecule has 1 amide bonds. The topological polar surface area (TPSA) is 77.5 Å². The summed E-state index contributed by atoms with van der Waals surface area (Å²) < 4.78 is 9.77. The molecule has 0 aromatic carbocycles. The molecule has 0 spiro atoms. The van der Waals surface area contributed by atoms with Crippen LogP contribution in [0.1, 0.15) is 25.8 Å². The first-order chi connectivity index (χ1) is 8.81. The molecule has 1 N–H and O–H groups in total. The van der Waals surface area contributed by atoms with Crippen LogP contribution in [-0.4, -0.2) is 35.8 Å². The Hall–Kier alpha value is -1.63. The number of thiazole rings is 1. The van der Waals surface area contributed by atoms with Crippen molar-refractivity contribution in [2.24, 2.45) is 0 Å². The highest BCUT2D eigenvalue weighted by atomic mass is 32.1. The van der Waals surface area contributed by atoms with Gasteiger partial charge in [0.05, 0.1) is 12.1 Å². The summed E-state index contributed by atoms with van der Waals surface area (Å²) in [4.78, 5) is 27.4. The van der Waals surface area contributed by atoms with Crippen molar-refractivity contribution in [3.8, 4) is 0 Å². The van der Waals surface area contributed by atoms with E-state index in [0.717, 1.165) is 5.01 Å². The van der Waals surface area contributed by atoms with Crippen LogP contribution in [-0.2, 0) is 20.7 Å². The molecule has 0 radical (unpaired) electrons. The molecule has 0 aliphatic heterocycles. The molecule has 0 saturated carbocycles. The number of carbonyl (C=O) groups is 2. The molecule has 19 heavy (non-hydrogen) atoms. The smallest absolute Gasteiger partial charge is 0.408 e. The van der Waals surface area contributed by atoms with Crippen LogP contribution in [0, 0.1) is 0 Å². The summed E-state index contributed by atoms with van der Waals surface area (Å²) in [5, 5.41) is 5.04. The highest BCUT2D eigenvalue weighted by Crippen LogP contribution is 2.10. The number of alkyl carbamates (subject to hydrolysis) is 1. The predicted octanol–water partition coefficient (Wildman–Crippen LogP) is 1.75. The minimum Gasteiger partial charge on any atom is -0.467 e. The fraction of sp³-hybridized carbons (Fsp3) is 0.583. The molecule has 1 aromatic heterocycles. The molecule has 0 aliphatic carbocycles. The summed E-state index contributed by atoms with van der Waals surface area (Å²) in [7, 11) is 1.27. The first-order valence-electron chi connectivity index (χ1n) is 5.77. The largest absolute Gasteiger partial charge is 0.467 e. The molecule has 0 saturated heterocycles. The van der Waals surface area contributed by atoms with Crippen molar-refractivity contribution in [1.29, 1.82) is 0 Å². The fourth-order valence-electron chi connectivity index (χ4n) is 1.31. The molecular formula is C12H18N2O4S. The first kappa shape index (κ1) is 15.4. The number of ether oxygens (including phenoxy) is 2. The van der Waals surface area contributed by atoms with E-state index in [2.05, 4.69) is 15.0 Å². The summed E-state index contributed by atoms with van der Waals surface area (Å²) in [5.74, 6) is -0.527. The van der Waals surface area contributed by atoms with Gasteiger partial charge in [0.15, 0.2) is 0 Å². The van der Waals surface area contributed by atoms with Crippen molar-refractivity contribution >= 4 is 23.4 Å². The maximum Gasteiger partial charge on any atom is 0.408 e. The number of hydrogen-bond acceptors (Lipinski definition) is 6. The van der Waals surface area contributed by atoms with E-state index >= 15 is 0 Å². The van der Waals surface area contributed by atoms with Crippen LogP contribution in [0.2, 0.25) is 0 Å². The summed E-state index contributed by atoms with van der Waals surface area (Å²) in [6.45, 7) is 5.25. The van der Waals surface area contributed by atoms with E-state index in [4.69, 9.17) is 4.74 Å². The van der Waals surface area contributed by atoms with E-state index in [1.54, 1.807) is 32.3 Å². The number of esters is 1. The Morgan fingerprint density at radius 1 is 1.47 bits per heavy atom. The summed E-state index contributed by atoms with van der Waals surface area (Å²) in [5.41, 5.74) is -0.619. The van der Waals surface area contributed by atoms with Gasteiger partial charge >= 0.3 is 12.1 Å². The standard InChI is InChI=1S/C12H18N2O4S/c1-12(2,3)18-11(16)14-8(10(15)17-4)7-9-13-5-6-19-9/h5-6,8H,7H2,1-4H3,(H,14,16)/t8-/m0/s1. The van der Waals surface area contributed by atoms with Crippen LogP contribution in [0.15, 0.2) is 11.6 Å². The molecule has 1 rings (SSSR count). The predicted molar refractivity (Wildman–Crippen MR) is 71.0 cm³/mol. The van der Waals surface area contributed by atoms with Gasteiger partial charge in [-0.05, 0) is 20.8 Å². The van der Waals surface area contributed by atoms with Crippen LogP contribution in [0.3, 0.4) is 0 Å². The van der Waals surface area contributed by atoms with Gasteiger partial charge < -0.3 is 14.8 Å². The quantitative estimate of drug-likeness (QED) is 0.853. The van der Waals surface area contributed by atoms with Crippen LogP contribution in [0.5, 0.6) is 0 Å². The number of amides is 1. The Morgan fingerprint density at radius 3 is 2.63 bits per heavy atom. The van der Waals surface area contributed by atoms with E-state index in [1.165, 1.54) is 18.4 Å². The third-order valence-electron chi connectivity index (χ3n) is 2.04. The second kappa shape index (κ2) is 6.51. The number of hydrogen-bond donors (Lipinski definition) is 1. The number of carbonyl (C=O) groups excluding carboxylic acids is 2. The molecule has 106 valence electrons. The van der Waals surface area contributed by atoms with Crippen molar-refractivity contribution in [2.75, 3.05) is 7.11 Å². The van der Waals surface area contributed by atoms with Gasteiger partial charge in [-0.2, -0.15) is 0 Å². The molecule has 1 atom stereocenters. The van der Waals surface area contributed by atoms with Gasteiger partial charge in [0.25, 0.3) is 0 Å². The summed E-state index contributed by atoms with van der Waals surface area (Å²) in [6, 6.07) is -0.800. The van der Waals surface area contributed by atoms with Crippen LogP contribution < -0.4 is 5.32 Å². The molecule has 1 aromatic rings. The number of nitrogens with zero attached hydrogens (tertiary/aromatic N) is 1. The zero-order chi connectivity index (χ0) is 14.5. The maximum absolute atomic E-state index is 11.7. The molecule has 0 unspecified atom stereocenters. The van der Waals surface area contributed by atoms with E-state index < -0.39 is 23.7 Å². The Labute approximate surface area is 116 Å². The van der Waals surface area contributed by atoms with E-state index in [1.807, 2.05) is 0 Å². The first-order valence-corrected chi connectivity index (χ1v) is 6.65. The van der Waals surface area contributed by atoms with Crippen LogP contribution in [0.25, 0.3) is 0 Å². The molecule has 0 aliphatic rings. The van der Waals surface area contributed by atoms with Gasteiger partial charge in [0.2, 0.25) is 0 Å². The van der Waals surface area contributed by atoms with Gasteiger partial charge in [0, 0.05) is 18.0 Å². The molecular weight excluding hydrogens is 268 g/mol. The minimum absolute atomic E-state index is 0.281. The molecule has 1 heterocycles. The van der Waals surface area contributed by atoms with E-state index in [-0.39, 0.29) is 6.42 Å². The van der Waals surface area contributed by atoms with Gasteiger partial charge in [-0.15, -0.1) is 11.3 Å². The average Bonchev–Trinajstić information content (AvgIpc) is 2.77. The van der Waals surface area contributed by atoms with Crippen molar-refractivity contribution in [3.63, 3.8) is 0 Å². The summed E-state index contributed by atoms with van der Waals surface area (Å²) in [6.07, 6.45) is 1.27. The van der Waals surface area contributed by atoms with Crippen molar-refractivity contribution < 1.29 is 19.1 Å². The Kier molecular flexibility index (Phi) is 5.29. The Balaban J connectivity index is 2.65. The normalized spacial score (nSPS) is 12.6. The molecule has 7 heteroatoms.